The number of benzene rings is 1. The van der Waals surface area contributed by atoms with E-state index in [0.717, 1.165) is 31.2 Å². The van der Waals surface area contributed by atoms with Gasteiger partial charge in [-0.2, -0.15) is 0 Å². The van der Waals surface area contributed by atoms with E-state index in [1.54, 1.807) is 0 Å². The lowest BCUT2D eigenvalue weighted by atomic mass is 9.93. The molecule has 2 amide bonds. The summed E-state index contributed by atoms with van der Waals surface area (Å²) in [6, 6.07) is 8.02. The van der Waals surface area contributed by atoms with E-state index < -0.39 is 9.84 Å². The number of hydrogen-bond donors (Lipinski definition) is 1. The minimum absolute atomic E-state index is 0.0710. The van der Waals surface area contributed by atoms with E-state index in [4.69, 9.17) is 0 Å². The Morgan fingerprint density at radius 2 is 1.88 bits per heavy atom. The van der Waals surface area contributed by atoms with E-state index in [1.807, 2.05) is 17.0 Å². The quantitative estimate of drug-likeness (QED) is 0.893. The van der Waals surface area contributed by atoms with Crippen molar-refractivity contribution >= 4 is 15.9 Å². The van der Waals surface area contributed by atoms with Crippen LogP contribution >= 0.6 is 0 Å². The van der Waals surface area contributed by atoms with Crippen LogP contribution in [0.1, 0.15) is 49.7 Å². The van der Waals surface area contributed by atoms with Gasteiger partial charge < -0.3 is 10.2 Å². The maximum Gasteiger partial charge on any atom is 0.318 e. The first-order valence-corrected chi connectivity index (χ1v) is 11.1. The number of hydrogen-bond acceptors (Lipinski definition) is 3. The monoisotopic (exact) mass is 364 g/mol. The van der Waals surface area contributed by atoms with Crippen molar-refractivity contribution in [3.63, 3.8) is 0 Å². The Morgan fingerprint density at radius 3 is 2.52 bits per heavy atom. The topological polar surface area (TPSA) is 66.5 Å². The maximum absolute atomic E-state index is 12.9. The molecule has 1 unspecified atom stereocenters. The Morgan fingerprint density at radius 1 is 1.16 bits per heavy atom. The lowest BCUT2D eigenvalue weighted by Gasteiger charge is -2.35. The summed E-state index contributed by atoms with van der Waals surface area (Å²) in [4.78, 5) is 14.9. The molecule has 0 spiro atoms. The summed E-state index contributed by atoms with van der Waals surface area (Å²) in [6.07, 6.45) is 6.12. The summed E-state index contributed by atoms with van der Waals surface area (Å²) in [6.45, 7) is 2.65. The molecule has 1 aliphatic carbocycles. The van der Waals surface area contributed by atoms with Crippen LogP contribution in [0.5, 0.6) is 0 Å². The van der Waals surface area contributed by atoms with Crippen LogP contribution in [-0.2, 0) is 16.4 Å². The van der Waals surface area contributed by atoms with Crippen molar-refractivity contribution in [2.45, 2.75) is 64.1 Å². The third-order valence-electron chi connectivity index (χ3n) is 5.44. The minimum atomic E-state index is -2.99. The van der Waals surface area contributed by atoms with Crippen molar-refractivity contribution in [1.29, 1.82) is 0 Å². The lowest BCUT2D eigenvalue weighted by Crippen LogP contribution is -2.49. The van der Waals surface area contributed by atoms with Gasteiger partial charge in [-0.25, -0.2) is 13.2 Å². The van der Waals surface area contributed by atoms with Crippen molar-refractivity contribution in [3.05, 3.63) is 35.4 Å². The van der Waals surface area contributed by atoms with Gasteiger partial charge in [-0.05, 0) is 37.3 Å². The molecule has 1 N–H and O–H groups in total. The summed E-state index contributed by atoms with van der Waals surface area (Å²) in [5.41, 5.74) is 2.34. The summed E-state index contributed by atoms with van der Waals surface area (Å²) in [5.74, 6) is 0.251. The smallest absolute Gasteiger partial charge is 0.318 e. The minimum Gasteiger partial charge on any atom is -0.334 e. The summed E-state index contributed by atoms with van der Waals surface area (Å²) >= 11 is 0. The molecule has 25 heavy (non-hydrogen) atoms. The highest BCUT2D eigenvalue weighted by atomic mass is 32.2. The van der Waals surface area contributed by atoms with Crippen molar-refractivity contribution < 1.29 is 13.2 Å². The fourth-order valence-electron chi connectivity index (χ4n) is 3.90. The standard InChI is InChI=1S/C19H28N2O3S/c1-15-7-5-6-8-16(15)13-21(18-9-3-2-4-10-18)19(22)20-17-11-12-25(23,24)14-17/h5-8,17-18H,2-4,9-14H2,1H3,(H,20,22). The van der Waals surface area contributed by atoms with Crippen LogP contribution < -0.4 is 5.32 Å². The fraction of sp³-hybridized carbons (Fsp3) is 0.632. The molecule has 0 aromatic heterocycles. The maximum atomic E-state index is 12.9. The zero-order valence-corrected chi connectivity index (χ0v) is 15.7. The van der Waals surface area contributed by atoms with Crippen molar-refractivity contribution in [3.8, 4) is 0 Å². The van der Waals surface area contributed by atoms with Crippen LogP contribution in [0.15, 0.2) is 24.3 Å². The molecule has 0 bridgehead atoms. The van der Waals surface area contributed by atoms with Crippen molar-refractivity contribution in [2.24, 2.45) is 0 Å². The van der Waals surface area contributed by atoms with Gasteiger partial charge in [-0.15, -0.1) is 0 Å². The summed E-state index contributed by atoms with van der Waals surface area (Å²) < 4.78 is 23.3. The number of rotatable bonds is 4. The Labute approximate surface area is 150 Å². The molecule has 1 aliphatic heterocycles. The fourth-order valence-corrected chi connectivity index (χ4v) is 5.57. The van der Waals surface area contributed by atoms with Gasteiger partial charge in [0.25, 0.3) is 0 Å². The number of amides is 2. The molecule has 5 nitrogen and oxygen atoms in total. The molecule has 3 rings (SSSR count). The number of carbonyl (C=O) groups excluding carboxylic acids is 1. The first-order chi connectivity index (χ1) is 11.9. The molecule has 1 atom stereocenters. The van der Waals surface area contributed by atoms with Crippen LogP contribution in [-0.4, -0.2) is 42.9 Å². The van der Waals surface area contributed by atoms with E-state index in [0.29, 0.717) is 13.0 Å². The molecule has 2 fully saturated rings. The highest BCUT2D eigenvalue weighted by molar-refractivity contribution is 7.91. The molecule has 1 aromatic rings. The zero-order chi connectivity index (χ0) is 17.9. The third-order valence-corrected chi connectivity index (χ3v) is 7.21. The van der Waals surface area contributed by atoms with Crippen LogP contribution in [0.4, 0.5) is 4.79 Å². The van der Waals surface area contributed by atoms with Gasteiger partial charge in [0.2, 0.25) is 0 Å². The molecule has 0 radical (unpaired) electrons. The molecular formula is C19H28N2O3S. The summed E-state index contributed by atoms with van der Waals surface area (Å²) in [7, 11) is -2.99. The highest BCUT2D eigenvalue weighted by Crippen LogP contribution is 2.25. The van der Waals surface area contributed by atoms with Crippen LogP contribution in [0.3, 0.4) is 0 Å². The molecular weight excluding hydrogens is 336 g/mol. The average molecular weight is 365 g/mol. The van der Waals surface area contributed by atoms with Gasteiger partial charge in [0.05, 0.1) is 11.5 Å². The molecule has 138 valence electrons. The van der Waals surface area contributed by atoms with Gasteiger partial charge in [0, 0.05) is 18.6 Å². The highest BCUT2D eigenvalue weighted by Gasteiger charge is 2.32. The number of sulfone groups is 1. The van der Waals surface area contributed by atoms with E-state index in [1.165, 1.54) is 12.0 Å². The predicted molar refractivity (Wildman–Crippen MR) is 99.2 cm³/mol. The number of carbonyl (C=O) groups is 1. The average Bonchev–Trinajstić information content (AvgIpc) is 2.93. The molecule has 1 saturated heterocycles. The SMILES string of the molecule is Cc1ccccc1CN(C(=O)NC1CCS(=O)(=O)C1)C1CCCCC1. The van der Waals surface area contributed by atoms with Gasteiger partial charge in [-0.1, -0.05) is 43.5 Å². The largest absolute Gasteiger partial charge is 0.334 e. The molecule has 1 aromatic carbocycles. The Bertz CT molecular complexity index is 711. The second kappa shape index (κ2) is 7.77. The first-order valence-electron chi connectivity index (χ1n) is 9.27. The number of nitrogens with zero attached hydrogens (tertiary/aromatic N) is 1. The van der Waals surface area contributed by atoms with E-state index in [-0.39, 0.29) is 29.6 Å². The Hall–Kier alpha value is -1.56. The van der Waals surface area contributed by atoms with Gasteiger partial charge >= 0.3 is 6.03 Å². The second-order valence-electron chi connectivity index (χ2n) is 7.40. The van der Waals surface area contributed by atoms with Crippen molar-refractivity contribution in [2.75, 3.05) is 11.5 Å². The first kappa shape index (κ1) is 18.2. The molecule has 1 saturated carbocycles. The predicted octanol–water partition coefficient (Wildman–Crippen LogP) is 3.03. The van der Waals surface area contributed by atoms with Crippen LogP contribution in [0.25, 0.3) is 0 Å². The van der Waals surface area contributed by atoms with Gasteiger partial charge in [-0.3, -0.25) is 0 Å². The summed E-state index contributed by atoms with van der Waals surface area (Å²) in [5, 5.41) is 2.98. The zero-order valence-electron chi connectivity index (χ0n) is 14.9. The van der Waals surface area contributed by atoms with Crippen LogP contribution in [0.2, 0.25) is 0 Å². The molecule has 2 aliphatic rings. The number of urea groups is 1. The van der Waals surface area contributed by atoms with Crippen LogP contribution in [0, 0.1) is 6.92 Å². The third kappa shape index (κ3) is 4.75. The van der Waals surface area contributed by atoms with Crippen molar-refractivity contribution in [1.82, 2.24) is 10.2 Å². The van der Waals surface area contributed by atoms with Gasteiger partial charge in [0.1, 0.15) is 0 Å². The van der Waals surface area contributed by atoms with E-state index in [9.17, 15) is 13.2 Å². The number of aryl methyl sites for hydroxylation is 1. The van der Waals surface area contributed by atoms with Gasteiger partial charge in [0.15, 0.2) is 9.84 Å². The molecule has 1 heterocycles. The Kier molecular flexibility index (Phi) is 5.67. The second-order valence-corrected chi connectivity index (χ2v) is 9.62. The number of nitrogens with one attached hydrogen (secondary N) is 1. The van der Waals surface area contributed by atoms with E-state index in [2.05, 4.69) is 24.4 Å². The lowest BCUT2D eigenvalue weighted by molar-refractivity contribution is 0.148. The van der Waals surface area contributed by atoms with E-state index >= 15 is 0 Å². The molecule has 6 heteroatoms. The Balaban J connectivity index is 1.73. The normalized spacial score (nSPS) is 23.3.